The van der Waals surface area contributed by atoms with Crippen LogP contribution >= 0.6 is 0 Å². The van der Waals surface area contributed by atoms with Crippen molar-refractivity contribution in [1.29, 1.82) is 0 Å². The van der Waals surface area contributed by atoms with Gasteiger partial charge in [-0.3, -0.25) is 10.1 Å². The summed E-state index contributed by atoms with van der Waals surface area (Å²) >= 11 is 0. The number of nitrogens with one attached hydrogen (secondary N) is 1. The van der Waals surface area contributed by atoms with Gasteiger partial charge in [0.1, 0.15) is 0 Å². The lowest BCUT2D eigenvalue weighted by atomic mass is 9.49. The van der Waals surface area contributed by atoms with E-state index >= 15 is 0 Å². The molecule has 0 spiro atoms. The molecule has 4 aliphatic rings. The third-order valence-corrected chi connectivity index (χ3v) is 5.78. The number of aromatic nitrogens is 1. The second-order valence-corrected chi connectivity index (χ2v) is 7.40. The molecule has 1 aromatic rings. The molecule has 0 atom stereocenters. The molecule has 4 fully saturated rings. The molecule has 5 nitrogen and oxygen atoms in total. The van der Waals surface area contributed by atoms with Crippen LogP contribution in [0.1, 0.15) is 38.5 Å². The van der Waals surface area contributed by atoms with Crippen molar-refractivity contribution in [1.82, 2.24) is 4.98 Å². The molecule has 4 aliphatic carbocycles. The number of hydrogen-bond donors (Lipinski definition) is 1. The van der Waals surface area contributed by atoms with Gasteiger partial charge in [0.2, 0.25) is 5.82 Å². The van der Waals surface area contributed by atoms with Crippen LogP contribution in [0.3, 0.4) is 0 Å². The summed E-state index contributed by atoms with van der Waals surface area (Å²) in [5, 5.41) is 14.4. The smallest absolute Gasteiger partial charge is 0.311 e. The Hall–Kier alpha value is -1.65. The predicted molar refractivity (Wildman–Crippen MR) is 80.0 cm³/mol. The van der Waals surface area contributed by atoms with Gasteiger partial charge in [0.25, 0.3) is 0 Å². The Morgan fingerprint density at radius 1 is 1.24 bits per heavy atom. The SMILES string of the molecule is O=[N+]([O-])c1cccnc1NCC12CC3CC(CC(C3)C1)C2. The standard InChI is InChI=1S/C16H21N3O2/c20-19(21)14-2-1-3-17-15(14)18-10-16-7-11-4-12(8-16)6-13(5-11)9-16/h1-3,11-13H,4-10H2,(H,17,18). The number of nitrogens with zero attached hydrogens (tertiary/aromatic N) is 2. The molecule has 1 N–H and O–H groups in total. The van der Waals surface area contributed by atoms with E-state index in [2.05, 4.69) is 10.3 Å². The van der Waals surface area contributed by atoms with Crippen molar-refractivity contribution in [3.8, 4) is 0 Å². The maximum absolute atomic E-state index is 11.1. The monoisotopic (exact) mass is 287 g/mol. The number of pyridine rings is 1. The van der Waals surface area contributed by atoms with Gasteiger partial charge in [0.05, 0.1) is 4.92 Å². The lowest BCUT2D eigenvalue weighted by Crippen LogP contribution is -2.49. The minimum absolute atomic E-state index is 0.0854. The van der Waals surface area contributed by atoms with Crippen molar-refractivity contribution in [3.05, 3.63) is 28.4 Å². The zero-order chi connectivity index (χ0) is 14.4. The summed E-state index contributed by atoms with van der Waals surface area (Å²) in [6.45, 7) is 0.842. The Morgan fingerprint density at radius 2 is 1.86 bits per heavy atom. The maximum Gasteiger partial charge on any atom is 0.311 e. The van der Waals surface area contributed by atoms with Crippen molar-refractivity contribution < 1.29 is 4.92 Å². The van der Waals surface area contributed by atoms with E-state index in [4.69, 9.17) is 0 Å². The Bertz CT molecular complexity index is 537. The van der Waals surface area contributed by atoms with Crippen molar-refractivity contribution >= 4 is 11.5 Å². The van der Waals surface area contributed by atoms with Gasteiger partial charge >= 0.3 is 5.69 Å². The molecular weight excluding hydrogens is 266 g/mol. The number of anilines is 1. The first-order valence-corrected chi connectivity index (χ1v) is 7.97. The van der Waals surface area contributed by atoms with E-state index in [-0.39, 0.29) is 10.6 Å². The maximum atomic E-state index is 11.1. The van der Waals surface area contributed by atoms with Crippen LogP contribution in [0.4, 0.5) is 11.5 Å². The van der Waals surface area contributed by atoms with Crippen LogP contribution in [-0.4, -0.2) is 16.5 Å². The number of rotatable bonds is 4. The van der Waals surface area contributed by atoms with Crippen molar-refractivity contribution in [3.63, 3.8) is 0 Å². The fourth-order valence-corrected chi connectivity index (χ4v) is 5.46. The molecule has 1 heterocycles. The molecule has 0 aliphatic heterocycles. The van der Waals surface area contributed by atoms with Gasteiger partial charge in [0, 0.05) is 18.8 Å². The van der Waals surface area contributed by atoms with Crippen molar-refractivity contribution in [2.24, 2.45) is 23.2 Å². The summed E-state index contributed by atoms with van der Waals surface area (Å²) in [6.07, 6.45) is 9.77. The van der Waals surface area contributed by atoms with Crippen LogP contribution < -0.4 is 5.32 Å². The molecule has 0 saturated heterocycles. The molecule has 0 amide bonds. The Balaban J connectivity index is 1.51. The van der Waals surface area contributed by atoms with E-state index in [9.17, 15) is 10.1 Å². The molecule has 21 heavy (non-hydrogen) atoms. The second kappa shape index (κ2) is 4.68. The molecule has 4 bridgehead atoms. The van der Waals surface area contributed by atoms with Crippen LogP contribution in [-0.2, 0) is 0 Å². The zero-order valence-corrected chi connectivity index (χ0v) is 12.1. The van der Waals surface area contributed by atoms with Gasteiger partial charge < -0.3 is 5.32 Å². The minimum Gasteiger partial charge on any atom is -0.364 e. The summed E-state index contributed by atoms with van der Waals surface area (Å²) in [6, 6.07) is 3.14. The zero-order valence-electron chi connectivity index (χ0n) is 12.1. The van der Waals surface area contributed by atoms with Crippen LogP contribution in [0.15, 0.2) is 18.3 Å². The highest BCUT2D eigenvalue weighted by Crippen LogP contribution is 2.59. The van der Waals surface area contributed by atoms with E-state index < -0.39 is 0 Å². The highest BCUT2D eigenvalue weighted by Gasteiger charge is 2.50. The van der Waals surface area contributed by atoms with Crippen LogP contribution in [0, 0.1) is 33.3 Å². The van der Waals surface area contributed by atoms with Gasteiger partial charge in [0.15, 0.2) is 0 Å². The first kappa shape index (κ1) is 13.0. The lowest BCUT2D eigenvalue weighted by molar-refractivity contribution is -0.384. The molecular formula is C16H21N3O2. The van der Waals surface area contributed by atoms with E-state index in [1.54, 1.807) is 12.3 Å². The van der Waals surface area contributed by atoms with E-state index in [1.807, 2.05) is 0 Å². The van der Waals surface area contributed by atoms with Crippen LogP contribution in [0.25, 0.3) is 0 Å². The molecule has 0 radical (unpaired) electrons. The molecule has 0 aromatic carbocycles. The Labute approximate surface area is 124 Å². The molecule has 5 rings (SSSR count). The number of hydrogen-bond acceptors (Lipinski definition) is 4. The van der Waals surface area contributed by atoms with Crippen molar-refractivity contribution in [2.45, 2.75) is 38.5 Å². The lowest BCUT2D eigenvalue weighted by Gasteiger charge is -2.56. The highest BCUT2D eigenvalue weighted by molar-refractivity contribution is 5.55. The summed E-state index contributed by atoms with van der Waals surface area (Å²) < 4.78 is 0. The van der Waals surface area contributed by atoms with Gasteiger partial charge in [-0.1, -0.05) is 0 Å². The fraction of sp³-hybridized carbons (Fsp3) is 0.688. The third-order valence-electron chi connectivity index (χ3n) is 5.78. The van der Waals surface area contributed by atoms with E-state index in [0.29, 0.717) is 11.2 Å². The van der Waals surface area contributed by atoms with Crippen molar-refractivity contribution in [2.75, 3.05) is 11.9 Å². The predicted octanol–water partition coefficient (Wildman–Crippen LogP) is 3.62. The van der Waals surface area contributed by atoms with Gasteiger partial charge in [-0.05, 0) is 67.8 Å². The molecule has 112 valence electrons. The fourth-order valence-electron chi connectivity index (χ4n) is 5.46. The molecule has 5 heteroatoms. The summed E-state index contributed by atoms with van der Waals surface area (Å²) in [5.74, 6) is 3.13. The topological polar surface area (TPSA) is 68.1 Å². The van der Waals surface area contributed by atoms with Gasteiger partial charge in [-0.15, -0.1) is 0 Å². The van der Waals surface area contributed by atoms with Gasteiger partial charge in [-0.2, -0.15) is 0 Å². The van der Waals surface area contributed by atoms with E-state index in [0.717, 1.165) is 24.3 Å². The normalized spacial score (nSPS) is 36.7. The first-order valence-electron chi connectivity index (χ1n) is 7.97. The Kier molecular flexibility index (Phi) is 2.91. The summed E-state index contributed by atoms with van der Waals surface area (Å²) in [5.41, 5.74) is 0.447. The Morgan fingerprint density at radius 3 is 2.43 bits per heavy atom. The quantitative estimate of drug-likeness (QED) is 0.678. The summed E-state index contributed by atoms with van der Waals surface area (Å²) in [7, 11) is 0. The highest BCUT2D eigenvalue weighted by atomic mass is 16.6. The summed E-state index contributed by atoms with van der Waals surface area (Å²) in [4.78, 5) is 14.9. The second-order valence-electron chi connectivity index (χ2n) is 7.40. The largest absolute Gasteiger partial charge is 0.364 e. The van der Waals surface area contributed by atoms with E-state index in [1.165, 1.54) is 44.6 Å². The average molecular weight is 287 g/mol. The van der Waals surface area contributed by atoms with Gasteiger partial charge in [-0.25, -0.2) is 4.98 Å². The number of nitro groups is 1. The van der Waals surface area contributed by atoms with Crippen LogP contribution in [0.2, 0.25) is 0 Å². The molecule has 1 aromatic heterocycles. The molecule has 0 unspecified atom stereocenters. The average Bonchev–Trinajstić information content (AvgIpc) is 2.44. The molecule has 4 saturated carbocycles. The minimum atomic E-state index is -0.352. The van der Waals surface area contributed by atoms with Crippen LogP contribution in [0.5, 0.6) is 0 Å². The third kappa shape index (κ3) is 2.28. The first-order chi connectivity index (χ1) is 10.1.